The third-order valence-corrected chi connectivity index (χ3v) is 5.91. The molecular weight excluding hydrogens is 398 g/mol. The van der Waals surface area contributed by atoms with E-state index in [-0.39, 0.29) is 16.6 Å². The number of fused-ring (bicyclic) bond motifs is 3. The first-order valence-electron chi connectivity index (χ1n) is 10.2. The number of ether oxygens (including phenoxy) is 2. The zero-order valence-corrected chi connectivity index (χ0v) is 18.4. The van der Waals surface area contributed by atoms with Crippen molar-refractivity contribution >= 4 is 34.2 Å². The molecule has 3 aromatic carbocycles. The van der Waals surface area contributed by atoms with E-state index in [0.29, 0.717) is 13.2 Å². The molecule has 5 heteroatoms. The monoisotopic (exact) mass is 424 g/mol. The van der Waals surface area contributed by atoms with Gasteiger partial charge in [-0.15, -0.1) is 0 Å². The van der Waals surface area contributed by atoms with E-state index in [0.717, 1.165) is 39.8 Å². The van der Waals surface area contributed by atoms with E-state index in [1.807, 2.05) is 63.2 Å². The van der Waals surface area contributed by atoms with Crippen LogP contribution in [0.4, 0.5) is 10.5 Å². The number of amides is 1. The van der Waals surface area contributed by atoms with Crippen LogP contribution < -0.4 is 9.22 Å². The maximum Gasteiger partial charge on any atom is 0.522 e. The number of hydrogen-bond acceptors (Lipinski definition) is 3. The third kappa shape index (κ3) is 3.78. The van der Waals surface area contributed by atoms with Gasteiger partial charge in [0.15, 0.2) is 6.00 Å². The van der Waals surface area contributed by atoms with Crippen molar-refractivity contribution in [3.8, 4) is 5.75 Å². The highest BCUT2D eigenvalue weighted by Crippen LogP contribution is 2.42. The highest BCUT2D eigenvalue weighted by atomic mass is 35.5. The van der Waals surface area contributed by atoms with E-state index in [1.54, 1.807) is 0 Å². The third-order valence-electron chi connectivity index (χ3n) is 5.50. The van der Waals surface area contributed by atoms with E-state index in [4.69, 9.17) is 21.1 Å². The van der Waals surface area contributed by atoms with Crippen molar-refractivity contribution in [2.45, 2.75) is 39.4 Å². The molecule has 0 aromatic heterocycles. The first-order valence-corrected chi connectivity index (χ1v) is 10.8. The largest absolute Gasteiger partial charge is 0.522 e. The maximum atomic E-state index is 13.1. The maximum absolute atomic E-state index is 13.1. The van der Waals surface area contributed by atoms with Crippen LogP contribution in [0.5, 0.6) is 5.75 Å². The Morgan fingerprint density at radius 3 is 2.47 bits per heavy atom. The summed E-state index contributed by atoms with van der Waals surface area (Å²) < 4.78 is 11.9. The van der Waals surface area contributed by atoms with Crippen LogP contribution in [-0.4, -0.2) is 24.2 Å². The van der Waals surface area contributed by atoms with Gasteiger partial charge in [-0.25, -0.2) is 0 Å². The number of quaternary nitrogens is 1. The van der Waals surface area contributed by atoms with E-state index >= 15 is 0 Å². The lowest BCUT2D eigenvalue weighted by Crippen LogP contribution is -2.54. The molecule has 0 bridgehead atoms. The SMILES string of the molecule is CC(C)(C)OC(=O)[N+]1(CCl)CCc2c1ccc1c(OCc3ccccc3)cccc21. The number of hydrogen-bond donors (Lipinski definition) is 0. The Labute approximate surface area is 182 Å². The molecule has 0 fully saturated rings. The van der Waals surface area contributed by atoms with Crippen LogP contribution in [0, 0.1) is 0 Å². The Hall–Kier alpha value is -2.56. The van der Waals surface area contributed by atoms with Gasteiger partial charge in [0.25, 0.3) is 0 Å². The number of halogens is 1. The molecule has 3 aromatic rings. The lowest BCUT2D eigenvalue weighted by molar-refractivity contribution is 0.0311. The summed E-state index contributed by atoms with van der Waals surface area (Å²) in [5, 5.41) is 2.15. The van der Waals surface area contributed by atoms with E-state index < -0.39 is 5.60 Å². The van der Waals surface area contributed by atoms with Gasteiger partial charge in [0, 0.05) is 23.4 Å². The van der Waals surface area contributed by atoms with Crippen molar-refractivity contribution in [3.05, 3.63) is 71.8 Å². The molecule has 0 saturated heterocycles. The average Bonchev–Trinajstić information content (AvgIpc) is 3.12. The summed E-state index contributed by atoms with van der Waals surface area (Å²) in [5.41, 5.74) is 2.63. The molecule has 0 saturated carbocycles. The number of carbonyl (C=O) groups is 1. The highest BCUT2D eigenvalue weighted by Gasteiger charge is 2.48. The van der Waals surface area contributed by atoms with Gasteiger partial charge in [-0.3, -0.25) is 0 Å². The second-order valence-electron chi connectivity index (χ2n) is 8.73. The second kappa shape index (κ2) is 7.93. The number of rotatable bonds is 4. The molecule has 1 unspecified atom stereocenters. The van der Waals surface area contributed by atoms with Crippen molar-refractivity contribution in [3.63, 3.8) is 0 Å². The normalized spacial score (nSPS) is 18.3. The number of benzene rings is 3. The minimum atomic E-state index is -0.563. The summed E-state index contributed by atoms with van der Waals surface area (Å²) in [5.74, 6) is 0.840. The lowest BCUT2D eigenvalue weighted by Gasteiger charge is -2.31. The fraction of sp³-hybridized carbons (Fsp3) is 0.320. The van der Waals surface area contributed by atoms with Crippen molar-refractivity contribution in [2.75, 3.05) is 12.5 Å². The summed E-state index contributed by atoms with van der Waals surface area (Å²) in [6, 6.07) is 20.4. The molecule has 0 N–H and O–H groups in total. The van der Waals surface area contributed by atoms with Gasteiger partial charge >= 0.3 is 6.09 Å². The first-order chi connectivity index (χ1) is 14.3. The molecule has 1 atom stereocenters. The Morgan fingerprint density at radius 2 is 1.77 bits per heavy atom. The van der Waals surface area contributed by atoms with E-state index in [2.05, 4.69) is 18.2 Å². The molecule has 1 amide bonds. The van der Waals surface area contributed by atoms with Crippen LogP contribution in [0.2, 0.25) is 0 Å². The van der Waals surface area contributed by atoms with Crippen LogP contribution in [-0.2, 0) is 17.8 Å². The molecule has 0 aliphatic carbocycles. The van der Waals surface area contributed by atoms with Crippen LogP contribution in [0.3, 0.4) is 0 Å². The van der Waals surface area contributed by atoms with Gasteiger partial charge < -0.3 is 9.47 Å². The standard InChI is InChI=1S/C25H27ClNO3/c1-25(2,3)30-24(28)27(17-26)15-14-20-19-10-7-11-23(21(19)12-13-22(20)27)29-16-18-8-5-4-6-9-18/h4-13H,14-17H2,1-3H3/q+1. The predicted octanol–water partition coefficient (Wildman–Crippen LogP) is 6.41. The number of alkyl halides is 1. The van der Waals surface area contributed by atoms with Crippen LogP contribution in [0.1, 0.15) is 31.9 Å². The van der Waals surface area contributed by atoms with Crippen molar-refractivity contribution in [2.24, 2.45) is 0 Å². The van der Waals surface area contributed by atoms with Crippen molar-refractivity contribution in [1.29, 1.82) is 0 Å². The molecular formula is C25H27ClNO3+. The van der Waals surface area contributed by atoms with Gasteiger partial charge in [0.2, 0.25) is 0 Å². The molecule has 4 nitrogen and oxygen atoms in total. The average molecular weight is 425 g/mol. The van der Waals surface area contributed by atoms with Gasteiger partial charge in [0.05, 0.1) is 6.54 Å². The quantitative estimate of drug-likeness (QED) is 0.275. The van der Waals surface area contributed by atoms with Crippen molar-refractivity contribution in [1.82, 2.24) is 4.48 Å². The van der Waals surface area contributed by atoms with Gasteiger partial charge in [-0.1, -0.05) is 54.1 Å². The van der Waals surface area contributed by atoms with E-state index in [1.165, 1.54) is 0 Å². The zero-order chi connectivity index (χ0) is 21.4. The Bertz CT molecular complexity index is 1070. The first kappa shape index (κ1) is 20.7. The molecule has 30 heavy (non-hydrogen) atoms. The highest BCUT2D eigenvalue weighted by molar-refractivity contribution is 6.20. The van der Waals surface area contributed by atoms with Gasteiger partial charge in [-0.05, 0) is 43.9 Å². The summed E-state index contributed by atoms with van der Waals surface area (Å²) in [6.45, 7) is 6.74. The van der Waals surface area contributed by atoms with Crippen LogP contribution in [0.25, 0.3) is 10.8 Å². The minimum absolute atomic E-state index is 0.0131. The number of carbonyl (C=O) groups excluding carboxylic acids is 1. The second-order valence-corrected chi connectivity index (χ2v) is 8.97. The number of nitrogens with zero attached hydrogens (tertiary/aromatic N) is 1. The van der Waals surface area contributed by atoms with Crippen LogP contribution >= 0.6 is 11.6 Å². The van der Waals surface area contributed by atoms with E-state index in [9.17, 15) is 4.79 Å². The van der Waals surface area contributed by atoms with Gasteiger partial charge in [-0.2, -0.15) is 9.28 Å². The predicted molar refractivity (Wildman–Crippen MR) is 122 cm³/mol. The molecule has 1 heterocycles. The molecule has 1 aliphatic rings. The fourth-order valence-electron chi connectivity index (χ4n) is 4.04. The Morgan fingerprint density at radius 1 is 1.00 bits per heavy atom. The van der Waals surface area contributed by atoms with Gasteiger partial charge in [0.1, 0.15) is 23.6 Å². The zero-order valence-electron chi connectivity index (χ0n) is 17.7. The lowest BCUT2D eigenvalue weighted by atomic mass is 10.0. The minimum Gasteiger partial charge on any atom is -0.488 e. The van der Waals surface area contributed by atoms with Crippen LogP contribution in [0.15, 0.2) is 60.7 Å². The molecule has 0 radical (unpaired) electrons. The van der Waals surface area contributed by atoms with Crippen molar-refractivity contribution < 1.29 is 14.3 Å². The molecule has 1 aliphatic heterocycles. The smallest absolute Gasteiger partial charge is 0.488 e. The molecule has 0 spiro atoms. The fourth-order valence-corrected chi connectivity index (χ4v) is 4.39. The summed E-state index contributed by atoms with van der Waals surface area (Å²) in [6.07, 6.45) is 0.466. The Balaban J connectivity index is 1.70. The molecule has 4 rings (SSSR count). The summed E-state index contributed by atoms with van der Waals surface area (Å²) >= 11 is 6.36. The Kier molecular flexibility index (Phi) is 5.48. The summed E-state index contributed by atoms with van der Waals surface area (Å²) in [7, 11) is 0. The topological polar surface area (TPSA) is 35.5 Å². The summed E-state index contributed by atoms with van der Waals surface area (Å²) in [4.78, 5) is 13.1. The molecule has 156 valence electrons.